The first-order chi connectivity index (χ1) is 14.0. The van der Waals surface area contributed by atoms with Crippen molar-refractivity contribution >= 4 is 22.6 Å². The average Bonchev–Trinajstić information content (AvgIpc) is 3.44. The molecule has 146 valence electrons. The lowest BCUT2D eigenvalue weighted by Crippen LogP contribution is -2.26. The smallest absolute Gasteiger partial charge is 0.258 e. The van der Waals surface area contributed by atoms with Crippen LogP contribution >= 0.6 is 0 Å². The van der Waals surface area contributed by atoms with Gasteiger partial charge in [0.1, 0.15) is 23.2 Å². The Labute approximate surface area is 168 Å². The molecule has 0 bridgehead atoms. The Hall–Kier alpha value is -3.53. The van der Waals surface area contributed by atoms with E-state index in [1.54, 1.807) is 13.3 Å². The van der Waals surface area contributed by atoms with Crippen LogP contribution in [0.3, 0.4) is 0 Å². The van der Waals surface area contributed by atoms with E-state index in [9.17, 15) is 10.1 Å². The van der Waals surface area contributed by atoms with Gasteiger partial charge in [0, 0.05) is 23.2 Å². The molecule has 2 aliphatic rings. The standard InChI is InChI=1S/C22H21N5O2/c1-11-4-7-17(29-3)12(2)19(11)27-20-15(14(8-23)21(27)24)9-25-16-10-26(13-5-6-13)22(28)18(16)20/h4,7,9,13H,5-6,10,24H2,1-3H3. The Morgan fingerprint density at radius 3 is 2.72 bits per heavy atom. The summed E-state index contributed by atoms with van der Waals surface area (Å²) >= 11 is 0. The topological polar surface area (TPSA) is 97.2 Å². The number of hydrogen-bond acceptors (Lipinski definition) is 5. The molecular weight excluding hydrogens is 366 g/mol. The number of aromatic nitrogens is 2. The molecular formula is C22H21N5O2. The second-order valence-electron chi connectivity index (χ2n) is 7.77. The summed E-state index contributed by atoms with van der Waals surface area (Å²) in [4.78, 5) is 19.7. The highest BCUT2D eigenvalue weighted by atomic mass is 16.5. The van der Waals surface area contributed by atoms with Crippen molar-refractivity contribution in [1.82, 2.24) is 14.5 Å². The molecule has 1 saturated carbocycles. The number of carbonyl (C=O) groups excluding carboxylic acids is 1. The van der Waals surface area contributed by atoms with Gasteiger partial charge in [-0.2, -0.15) is 5.26 Å². The van der Waals surface area contributed by atoms with E-state index in [1.807, 2.05) is 35.4 Å². The minimum atomic E-state index is -0.0259. The molecule has 0 atom stereocenters. The first-order valence-electron chi connectivity index (χ1n) is 9.65. The van der Waals surface area contributed by atoms with Gasteiger partial charge in [0.05, 0.1) is 36.1 Å². The maximum atomic E-state index is 13.3. The minimum absolute atomic E-state index is 0.0259. The van der Waals surface area contributed by atoms with Crippen molar-refractivity contribution in [3.63, 3.8) is 0 Å². The number of benzene rings is 1. The van der Waals surface area contributed by atoms with Gasteiger partial charge in [-0.05, 0) is 38.3 Å². The fourth-order valence-corrected chi connectivity index (χ4v) is 4.46. The van der Waals surface area contributed by atoms with E-state index in [-0.39, 0.29) is 5.91 Å². The summed E-state index contributed by atoms with van der Waals surface area (Å²) < 4.78 is 7.35. The van der Waals surface area contributed by atoms with E-state index in [4.69, 9.17) is 10.5 Å². The summed E-state index contributed by atoms with van der Waals surface area (Å²) in [5, 5.41) is 10.4. The molecule has 1 amide bonds. The van der Waals surface area contributed by atoms with E-state index in [1.165, 1.54) is 0 Å². The van der Waals surface area contributed by atoms with Gasteiger partial charge in [-0.15, -0.1) is 0 Å². The molecule has 5 rings (SSSR count). The molecule has 7 heteroatoms. The van der Waals surface area contributed by atoms with Crippen LogP contribution < -0.4 is 10.5 Å². The molecule has 0 radical (unpaired) electrons. The molecule has 1 aliphatic carbocycles. The quantitative estimate of drug-likeness (QED) is 0.744. The number of nitrogen functional groups attached to an aromatic ring is 1. The third-order valence-electron chi connectivity index (χ3n) is 6.04. The third kappa shape index (κ3) is 2.29. The molecule has 7 nitrogen and oxygen atoms in total. The number of nitriles is 1. The summed E-state index contributed by atoms with van der Waals surface area (Å²) in [6.45, 7) is 4.45. The number of amides is 1. The van der Waals surface area contributed by atoms with Gasteiger partial charge in [0.2, 0.25) is 0 Å². The number of ether oxygens (including phenoxy) is 1. The van der Waals surface area contributed by atoms with Gasteiger partial charge in [-0.25, -0.2) is 0 Å². The molecule has 29 heavy (non-hydrogen) atoms. The van der Waals surface area contributed by atoms with Gasteiger partial charge < -0.3 is 15.4 Å². The Bertz CT molecular complexity index is 1250. The molecule has 1 aliphatic heterocycles. The second-order valence-corrected chi connectivity index (χ2v) is 7.77. The van der Waals surface area contributed by atoms with E-state index in [0.29, 0.717) is 40.4 Å². The zero-order valence-corrected chi connectivity index (χ0v) is 16.6. The second kappa shape index (κ2) is 5.98. The van der Waals surface area contributed by atoms with E-state index < -0.39 is 0 Å². The van der Waals surface area contributed by atoms with Crippen LogP contribution in [0.2, 0.25) is 0 Å². The maximum absolute atomic E-state index is 13.3. The summed E-state index contributed by atoms with van der Waals surface area (Å²) in [6.07, 6.45) is 3.74. The van der Waals surface area contributed by atoms with Crippen LogP contribution in [-0.4, -0.2) is 33.5 Å². The van der Waals surface area contributed by atoms with Crippen molar-refractivity contribution in [2.24, 2.45) is 0 Å². The number of hydrogen-bond donors (Lipinski definition) is 1. The van der Waals surface area contributed by atoms with Gasteiger partial charge in [0.25, 0.3) is 5.91 Å². The SMILES string of the molecule is COc1ccc(C)c(-n2c(N)c(C#N)c3cnc4c(c32)C(=O)N(C2CC2)C4)c1C. The number of nitrogens with two attached hydrogens (primary N) is 1. The predicted octanol–water partition coefficient (Wildman–Crippen LogP) is 3.22. The minimum Gasteiger partial charge on any atom is -0.496 e. The molecule has 0 saturated heterocycles. The van der Waals surface area contributed by atoms with Crippen molar-refractivity contribution in [1.29, 1.82) is 5.26 Å². The summed E-state index contributed by atoms with van der Waals surface area (Å²) in [5.74, 6) is 1.01. The van der Waals surface area contributed by atoms with Crippen molar-refractivity contribution in [3.8, 4) is 17.5 Å². The lowest BCUT2D eigenvalue weighted by Gasteiger charge is -2.18. The van der Waals surface area contributed by atoms with Crippen LogP contribution in [0, 0.1) is 25.2 Å². The van der Waals surface area contributed by atoms with Gasteiger partial charge in [0.15, 0.2) is 0 Å². The largest absolute Gasteiger partial charge is 0.496 e. The predicted molar refractivity (Wildman–Crippen MR) is 109 cm³/mol. The zero-order chi connectivity index (χ0) is 20.4. The molecule has 3 heterocycles. The van der Waals surface area contributed by atoms with Crippen LogP contribution in [-0.2, 0) is 6.54 Å². The highest BCUT2D eigenvalue weighted by Crippen LogP contribution is 2.42. The number of methoxy groups -OCH3 is 1. The van der Waals surface area contributed by atoms with Crippen molar-refractivity contribution < 1.29 is 9.53 Å². The molecule has 1 fully saturated rings. The summed E-state index contributed by atoms with van der Waals surface area (Å²) in [7, 11) is 1.62. The van der Waals surface area contributed by atoms with Crippen LogP contribution in [0.5, 0.6) is 5.75 Å². The molecule has 3 aromatic rings. The van der Waals surface area contributed by atoms with Crippen molar-refractivity contribution in [3.05, 3.63) is 46.3 Å². The van der Waals surface area contributed by atoms with Crippen LogP contribution in [0.15, 0.2) is 18.3 Å². The van der Waals surface area contributed by atoms with Crippen LogP contribution in [0.1, 0.15) is 45.6 Å². The monoisotopic (exact) mass is 387 g/mol. The molecule has 2 aromatic heterocycles. The number of fused-ring (bicyclic) bond motifs is 3. The number of aryl methyl sites for hydroxylation is 1. The lowest BCUT2D eigenvalue weighted by atomic mass is 10.1. The van der Waals surface area contributed by atoms with Crippen LogP contribution in [0.4, 0.5) is 5.82 Å². The average molecular weight is 387 g/mol. The Balaban J connectivity index is 1.89. The Kier molecular flexibility index (Phi) is 3.62. The van der Waals surface area contributed by atoms with E-state index in [0.717, 1.165) is 41.1 Å². The summed E-state index contributed by atoms with van der Waals surface area (Å²) in [5.41, 5.74) is 11.5. The van der Waals surface area contributed by atoms with Gasteiger partial charge in [-0.1, -0.05) is 6.07 Å². The van der Waals surface area contributed by atoms with Crippen molar-refractivity contribution in [2.75, 3.05) is 12.8 Å². The normalized spacial score (nSPS) is 15.7. The Morgan fingerprint density at radius 1 is 1.31 bits per heavy atom. The van der Waals surface area contributed by atoms with E-state index >= 15 is 0 Å². The van der Waals surface area contributed by atoms with Gasteiger partial charge >= 0.3 is 0 Å². The maximum Gasteiger partial charge on any atom is 0.258 e. The number of pyridine rings is 1. The fraction of sp³-hybridized carbons (Fsp3) is 0.318. The molecule has 2 N–H and O–H groups in total. The highest BCUT2D eigenvalue weighted by molar-refractivity contribution is 6.11. The first kappa shape index (κ1) is 17.6. The Morgan fingerprint density at radius 2 is 2.07 bits per heavy atom. The molecule has 0 spiro atoms. The number of anilines is 1. The van der Waals surface area contributed by atoms with Gasteiger partial charge in [-0.3, -0.25) is 14.3 Å². The number of rotatable bonds is 3. The fourth-order valence-electron chi connectivity index (χ4n) is 4.46. The number of nitrogens with zero attached hydrogens (tertiary/aromatic N) is 4. The lowest BCUT2D eigenvalue weighted by molar-refractivity contribution is 0.0767. The first-order valence-corrected chi connectivity index (χ1v) is 9.65. The molecule has 0 unspecified atom stereocenters. The number of carbonyl (C=O) groups is 1. The van der Waals surface area contributed by atoms with Crippen LogP contribution in [0.25, 0.3) is 16.6 Å². The van der Waals surface area contributed by atoms with E-state index in [2.05, 4.69) is 11.1 Å². The highest BCUT2D eigenvalue weighted by Gasteiger charge is 2.41. The third-order valence-corrected chi connectivity index (χ3v) is 6.04. The zero-order valence-electron chi connectivity index (χ0n) is 16.6. The van der Waals surface area contributed by atoms with Crippen molar-refractivity contribution in [2.45, 2.75) is 39.3 Å². The molecule has 1 aromatic carbocycles. The summed E-state index contributed by atoms with van der Waals surface area (Å²) in [6, 6.07) is 6.37.